The molecule has 1 rings (SSSR count). The summed E-state index contributed by atoms with van der Waals surface area (Å²) in [6, 6.07) is 9.00. The van der Waals surface area contributed by atoms with Crippen LogP contribution in [0, 0.1) is 11.3 Å². The van der Waals surface area contributed by atoms with Gasteiger partial charge in [-0.05, 0) is 24.5 Å². The minimum Gasteiger partial charge on any atom is -0.282 e. The lowest BCUT2D eigenvalue weighted by Crippen LogP contribution is -2.26. The molecule has 0 spiro atoms. The van der Waals surface area contributed by atoms with Crippen molar-refractivity contribution in [1.29, 1.82) is 5.26 Å². The van der Waals surface area contributed by atoms with Gasteiger partial charge < -0.3 is 0 Å². The van der Waals surface area contributed by atoms with Gasteiger partial charge in [-0.2, -0.15) is 5.26 Å². The maximum absolute atomic E-state index is 11.9. The molecular formula is C12H16N2O2S. The molecule has 0 heterocycles. The summed E-state index contributed by atoms with van der Waals surface area (Å²) in [5, 5.41) is 7.79. The van der Waals surface area contributed by atoms with E-state index in [1.54, 1.807) is 25.1 Å². The predicted octanol–water partition coefficient (Wildman–Crippen LogP) is 2.29. The number of aryl methyl sites for hydroxylation is 1. The van der Waals surface area contributed by atoms with E-state index < -0.39 is 15.3 Å². The highest BCUT2D eigenvalue weighted by atomic mass is 32.2. The topological polar surface area (TPSA) is 70.0 Å². The standard InChI is InChI=1S/C12H16N2O2S/c1-3-10-7-5-6-8-12(10)14-17(15,16)11(4-2)9-13/h5-8,11,14H,3-4H2,1-2H3. The van der Waals surface area contributed by atoms with Gasteiger partial charge in [-0.3, -0.25) is 4.72 Å². The molecule has 1 N–H and O–H groups in total. The summed E-state index contributed by atoms with van der Waals surface area (Å²) in [4.78, 5) is 0. The van der Waals surface area contributed by atoms with Crippen LogP contribution in [0.4, 0.5) is 5.69 Å². The zero-order chi connectivity index (χ0) is 12.9. The molecule has 0 saturated carbocycles. The summed E-state index contributed by atoms with van der Waals surface area (Å²) in [5.41, 5.74) is 1.48. The minimum atomic E-state index is -3.62. The van der Waals surface area contributed by atoms with E-state index >= 15 is 0 Å². The number of nitrogens with one attached hydrogen (secondary N) is 1. The normalized spacial score (nSPS) is 12.8. The summed E-state index contributed by atoms with van der Waals surface area (Å²) >= 11 is 0. The van der Waals surface area contributed by atoms with E-state index in [9.17, 15) is 8.42 Å². The van der Waals surface area contributed by atoms with Crippen LogP contribution in [0.15, 0.2) is 24.3 Å². The third-order valence-electron chi connectivity index (χ3n) is 2.54. The molecule has 0 fully saturated rings. The molecule has 1 atom stereocenters. The van der Waals surface area contributed by atoms with Gasteiger partial charge in [0.05, 0.1) is 11.8 Å². The van der Waals surface area contributed by atoms with Crippen molar-refractivity contribution in [3.05, 3.63) is 29.8 Å². The summed E-state index contributed by atoms with van der Waals surface area (Å²) in [6.45, 7) is 3.63. The van der Waals surface area contributed by atoms with Crippen LogP contribution < -0.4 is 4.72 Å². The zero-order valence-electron chi connectivity index (χ0n) is 9.97. The highest BCUT2D eigenvalue weighted by molar-refractivity contribution is 7.93. The Morgan fingerprint density at radius 1 is 1.35 bits per heavy atom. The molecule has 0 aliphatic rings. The van der Waals surface area contributed by atoms with E-state index in [1.165, 1.54) is 0 Å². The first-order valence-electron chi connectivity index (χ1n) is 5.54. The van der Waals surface area contributed by atoms with Gasteiger partial charge in [0, 0.05) is 0 Å². The van der Waals surface area contributed by atoms with E-state index in [2.05, 4.69) is 4.72 Å². The number of sulfonamides is 1. The Morgan fingerprint density at radius 3 is 2.53 bits per heavy atom. The molecule has 0 aromatic heterocycles. The molecule has 1 aromatic rings. The van der Waals surface area contributed by atoms with E-state index in [0.29, 0.717) is 5.69 Å². The molecule has 92 valence electrons. The molecular weight excluding hydrogens is 236 g/mol. The number of nitrogens with zero attached hydrogens (tertiary/aromatic N) is 1. The molecule has 0 amide bonds. The van der Waals surface area contributed by atoms with Crippen LogP contribution in [0.1, 0.15) is 25.8 Å². The first-order chi connectivity index (χ1) is 8.05. The van der Waals surface area contributed by atoms with Crippen molar-refractivity contribution in [2.45, 2.75) is 31.9 Å². The van der Waals surface area contributed by atoms with Crippen LogP contribution in [0.3, 0.4) is 0 Å². The van der Waals surface area contributed by atoms with Crippen molar-refractivity contribution in [2.24, 2.45) is 0 Å². The largest absolute Gasteiger partial charge is 0.282 e. The van der Waals surface area contributed by atoms with E-state index in [1.807, 2.05) is 19.1 Å². The van der Waals surface area contributed by atoms with Gasteiger partial charge in [0.25, 0.3) is 0 Å². The average Bonchev–Trinajstić information content (AvgIpc) is 2.30. The summed E-state index contributed by atoms with van der Waals surface area (Å²) < 4.78 is 26.3. The number of hydrogen-bond donors (Lipinski definition) is 1. The molecule has 4 nitrogen and oxygen atoms in total. The molecule has 0 aliphatic carbocycles. The minimum absolute atomic E-state index is 0.278. The maximum atomic E-state index is 11.9. The van der Waals surface area contributed by atoms with E-state index in [0.717, 1.165) is 12.0 Å². The van der Waals surface area contributed by atoms with Crippen molar-refractivity contribution in [2.75, 3.05) is 4.72 Å². The Morgan fingerprint density at radius 2 is 2.00 bits per heavy atom. The van der Waals surface area contributed by atoms with Gasteiger partial charge in [-0.1, -0.05) is 32.0 Å². The molecule has 0 bridgehead atoms. The van der Waals surface area contributed by atoms with Crippen LogP contribution in [0.2, 0.25) is 0 Å². The summed E-state index contributed by atoms with van der Waals surface area (Å²) in [7, 11) is -3.62. The van der Waals surface area contributed by atoms with E-state index in [4.69, 9.17) is 5.26 Å². The third kappa shape index (κ3) is 3.21. The third-order valence-corrected chi connectivity index (χ3v) is 4.23. The number of rotatable bonds is 5. The van der Waals surface area contributed by atoms with Crippen molar-refractivity contribution in [1.82, 2.24) is 0 Å². The van der Waals surface area contributed by atoms with Crippen LogP contribution in [-0.2, 0) is 16.4 Å². The van der Waals surface area contributed by atoms with Gasteiger partial charge in [0.15, 0.2) is 5.25 Å². The Balaban J connectivity index is 3.02. The SMILES string of the molecule is CCc1ccccc1NS(=O)(=O)C(C#N)CC. The van der Waals surface area contributed by atoms with Crippen LogP contribution in [0.25, 0.3) is 0 Å². The summed E-state index contributed by atoms with van der Waals surface area (Å²) in [5.74, 6) is 0. The van der Waals surface area contributed by atoms with Gasteiger partial charge >= 0.3 is 0 Å². The molecule has 17 heavy (non-hydrogen) atoms. The fourth-order valence-corrected chi connectivity index (χ4v) is 2.76. The average molecular weight is 252 g/mol. The van der Waals surface area contributed by atoms with Crippen molar-refractivity contribution in [3.63, 3.8) is 0 Å². The van der Waals surface area contributed by atoms with Gasteiger partial charge in [-0.15, -0.1) is 0 Å². The molecule has 5 heteroatoms. The fourth-order valence-electron chi connectivity index (χ4n) is 1.53. The van der Waals surface area contributed by atoms with Crippen molar-refractivity contribution >= 4 is 15.7 Å². The van der Waals surface area contributed by atoms with Crippen molar-refractivity contribution < 1.29 is 8.42 Å². The Kier molecular flexibility index (Phi) is 4.53. The molecule has 0 aliphatic heterocycles. The Bertz CT molecular complexity index is 518. The number of para-hydroxylation sites is 1. The second-order valence-electron chi connectivity index (χ2n) is 3.68. The predicted molar refractivity (Wildman–Crippen MR) is 68.1 cm³/mol. The number of anilines is 1. The molecule has 1 aromatic carbocycles. The quantitative estimate of drug-likeness (QED) is 0.874. The Labute approximate surface area is 102 Å². The number of hydrogen-bond acceptors (Lipinski definition) is 3. The van der Waals surface area contributed by atoms with Crippen LogP contribution in [0.5, 0.6) is 0 Å². The second kappa shape index (κ2) is 5.69. The van der Waals surface area contributed by atoms with Gasteiger partial charge in [-0.25, -0.2) is 8.42 Å². The lowest BCUT2D eigenvalue weighted by atomic mass is 10.1. The monoisotopic (exact) mass is 252 g/mol. The highest BCUT2D eigenvalue weighted by Gasteiger charge is 2.23. The maximum Gasteiger partial charge on any atom is 0.249 e. The van der Waals surface area contributed by atoms with Gasteiger partial charge in [0.1, 0.15) is 0 Å². The fraction of sp³-hybridized carbons (Fsp3) is 0.417. The first kappa shape index (κ1) is 13.5. The molecule has 0 radical (unpaired) electrons. The lowest BCUT2D eigenvalue weighted by molar-refractivity contribution is 0.593. The first-order valence-corrected chi connectivity index (χ1v) is 7.09. The molecule has 0 saturated heterocycles. The van der Waals surface area contributed by atoms with Gasteiger partial charge in [0.2, 0.25) is 10.0 Å². The van der Waals surface area contributed by atoms with Crippen molar-refractivity contribution in [3.8, 4) is 6.07 Å². The van der Waals surface area contributed by atoms with Crippen LogP contribution >= 0.6 is 0 Å². The smallest absolute Gasteiger partial charge is 0.249 e. The summed E-state index contributed by atoms with van der Waals surface area (Å²) in [6.07, 6.45) is 1.02. The Hall–Kier alpha value is -1.54. The van der Waals surface area contributed by atoms with E-state index in [-0.39, 0.29) is 6.42 Å². The lowest BCUT2D eigenvalue weighted by Gasteiger charge is -2.13. The molecule has 1 unspecified atom stereocenters. The highest BCUT2D eigenvalue weighted by Crippen LogP contribution is 2.19. The van der Waals surface area contributed by atoms with Crippen LogP contribution in [-0.4, -0.2) is 13.7 Å². The zero-order valence-corrected chi connectivity index (χ0v) is 10.8. The number of benzene rings is 1. The number of nitriles is 1. The second-order valence-corrected chi connectivity index (χ2v) is 5.55.